The lowest BCUT2D eigenvalue weighted by Gasteiger charge is -2.39. The molecule has 0 spiro atoms. The summed E-state index contributed by atoms with van der Waals surface area (Å²) in [6.45, 7) is -0.654. The van der Waals surface area contributed by atoms with Crippen molar-refractivity contribution in [1.29, 1.82) is 0 Å². The lowest BCUT2D eigenvalue weighted by atomic mass is 10.00. The van der Waals surface area contributed by atoms with Crippen LogP contribution in [0.1, 0.15) is 5.56 Å². The number of rotatable bonds is 8. The molecule has 178 valence electrons. The molecule has 1 aliphatic rings. The number of para-hydroxylation sites is 1. The fraction of sp³-hybridized carbons (Fsp3) is 0.471. The van der Waals surface area contributed by atoms with E-state index in [4.69, 9.17) is 18.3 Å². The minimum Gasteiger partial charge on any atom is -0.417 e. The fourth-order valence-electron chi connectivity index (χ4n) is 3.09. The van der Waals surface area contributed by atoms with Crippen LogP contribution in [0.2, 0.25) is 0 Å². The molecule has 2 aromatic rings. The Kier molecular flexibility index (Phi) is 7.97. The maximum absolute atomic E-state index is 11.0. The van der Waals surface area contributed by atoms with Crippen LogP contribution in [0.4, 0.5) is 0 Å². The van der Waals surface area contributed by atoms with Crippen LogP contribution in [0.5, 0.6) is 0 Å². The molecule has 1 aliphatic heterocycles. The van der Waals surface area contributed by atoms with E-state index in [1.807, 2.05) is 0 Å². The number of aliphatic hydroxyl groups excluding tert-OH is 4. The van der Waals surface area contributed by atoms with Crippen molar-refractivity contribution in [2.75, 3.05) is 13.7 Å². The highest BCUT2D eigenvalue weighted by Crippen LogP contribution is 2.28. The van der Waals surface area contributed by atoms with Gasteiger partial charge in [0, 0.05) is 18.0 Å². The molecule has 5 atom stereocenters. The average molecular weight is 495 g/mol. The van der Waals surface area contributed by atoms with Gasteiger partial charge in [-0.3, -0.25) is 8.74 Å². The first kappa shape index (κ1) is 24.7. The summed E-state index contributed by atoms with van der Waals surface area (Å²) in [7, 11) is -3.45. The lowest BCUT2D eigenvalue weighted by Crippen LogP contribution is -2.58. The van der Waals surface area contributed by atoms with Crippen LogP contribution >= 0.6 is 12.0 Å². The number of ether oxygens (including phenoxy) is 1. The van der Waals surface area contributed by atoms with Gasteiger partial charge >= 0.3 is 10.4 Å². The predicted molar refractivity (Wildman–Crippen MR) is 111 cm³/mol. The highest BCUT2D eigenvalue weighted by atomic mass is 32.3. The average Bonchev–Trinajstić information content (AvgIpc) is 3.12. The molecule has 0 saturated carbocycles. The zero-order valence-corrected chi connectivity index (χ0v) is 18.2. The van der Waals surface area contributed by atoms with E-state index >= 15 is 0 Å². The van der Waals surface area contributed by atoms with Crippen molar-refractivity contribution < 1.29 is 51.4 Å². The Morgan fingerprint density at radius 1 is 1.22 bits per heavy atom. The second kappa shape index (κ2) is 10.3. The fourth-order valence-corrected chi connectivity index (χ4v) is 3.97. The monoisotopic (exact) mass is 494 g/mol. The van der Waals surface area contributed by atoms with Crippen LogP contribution < -0.4 is 4.84 Å². The molecule has 0 unspecified atom stereocenters. The SMILES string of the molecule is COn1cc(C/C(=N/OS(=O)(=O)O)SO[C@@H]2O[C@H](CO)[C@@H](O)[C@H](O)[C@H]2O)c2ccccc21. The second-order valence-corrected chi connectivity index (χ2v) is 8.56. The van der Waals surface area contributed by atoms with Gasteiger partial charge in [-0.15, -0.1) is 0 Å². The molecular weight excluding hydrogens is 472 g/mol. The molecule has 32 heavy (non-hydrogen) atoms. The molecule has 1 aromatic carbocycles. The Bertz CT molecular complexity index is 1060. The van der Waals surface area contributed by atoms with Gasteiger partial charge in [0.1, 0.15) is 36.6 Å². The Labute approximate surface area is 186 Å². The Balaban J connectivity index is 1.82. The number of benzene rings is 1. The van der Waals surface area contributed by atoms with E-state index in [0.717, 1.165) is 10.9 Å². The van der Waals surface area contributed by atoms with Crippen molar-refractivity contribution in [3.05, 3.63) is 36.0 Å². The van der Waals surface area contributed by atoms with Gasteiger partial charge < -0.3 is 30.0 Å². The first-order valence-electron chi connectivity index (χ1n) is 9.14. The minimum absolute atomic E-state index is 0.0471. The third-order valence-electron chi connectivity index (χ3n) is 4.62. The van der Waals surface area contributed by atoms with Gasteiger partial charge in [-0.1, -0.05) is 23.4 Å². The molecule has 13 nitrogen and oxygen atoms in total. The van der Waals surface area contributed by atoms with Gasteiger partial charge in [-0.25, -0.2) is 4.28 Å². The van der Waals surface area contributed by atoms with E-state index in [2.05, 4.69) is 9.44 Å². The van der Waals surface area contributed by atoms with E-state index in [0.29, 0.717) is 17.6 Å². The van der Waals surface area contributed by atoms with Gasteiger partial charge in [0.05, 0.1) is 24.2 Å². The topological polar surface area (TPSA) is 189 Å². The summed E-state index contributed by atoms with van der Waals surface area (Å²) >= 11 is 0.449. The second-order valence-electron chi connectivity index (χ2n) is 6.72. The third-order valence-corrected chi connectivity index (χ3v) is 5.58. The molecule has 3 rings (SSSR count). The molecule has 0 radical (unpaired) electrons. The first-order chi connectivity index (χ1) is 15.1. The number of oxime groups is 1. The van der Waals surface area contributed by atoms with Crippen molar-refractivity contribution in [2.45, 2.75) is 37.1 Å². The molecule has 0 bridgehead atoms. The maximum Gasteiger partial charge on any atom is 0.466 e. The molecule has 5 N–H and O–H groups in total. The summed E-state index contributed by atoms with van der Waals surface area (Å²) in [5.74, 6) is 0. The number of hydrogen-bond acceptors (Lipinski definition) is 12. The lowest BCUT2D eigenvalue weighted by molar-refractivity contribution is -0.274. The summed E-state index contributed by atoms with van der Waals surface area (Å²) in [6.07, 6.45) is -6.05. The van der Waals surface area contributed by atoms with Crippen LogP contribution in [0.25, 0.3) is 10.9 Å². The Morgan fingerprint density at radius 2 is 1.94 bits per heavy atom. The van der Waals surface area contributed by atoms with Gasteiger partial charge in [0.2, 0.25) is 0 Å². The zero-order valence-electron chi connectivity index (χ0n) is 16.6. The molecule has 1 fully saturated rings. The largest absolute Gasteiger partial charge is 0.466 e. The summed E-state index contributed by atoms with van der Waals surface area (Å²) in [5.41, 5.74) is 1.35. The van der Waals surface area contributed by atoms with Crippen LogP contribution in [0, 0.1) is 0 Å². The van der Waals surface area contributed by atoms with Crippen molar-refractivity contribution in [3.8, 4) is 0 Å². The third kappa shape index (κ3) is 5.69. The highest BCUT2D eigenvalue weighted by Gasteiger charge is 2.44. The van der Waals surface area contributed by atoms with Crippen LogP contribution in [-0.2, 0) is 30.0 Å². The number of aromatic nitrogens is 1. The highest BCUT2D eigenvalue weighted by molar-refractivity contribution is 8.09. The summed E-state index contributed by atoms with van der Waals surface area (Å²) in [6, 6.07) is 7.18. The van der Waals surface area contributed by atoms with E-state index in [9.17, 15) is 28.8 Å². The number of hydrogen-bond donors (Lipinski definition) is 5. The quantitative estimate of drug-likeness (QED) is 0.0974. The van der Waals surface area contributed by atoms with Crippen LogP contribution in [0.3, 0.4) is 0 Å². The van der Waals surface area contributed by atoms with Crippen molar-refractivity contribution in [3.63, 3.8) is 0 Å². The Morgan fingerprint density at radius 3 is 2.59 bits per heavy atom. The molecule has 0 amide bonds. The first-order valence-corrected chi connectivity index (χ1v) is 11.3. The molecule has 2 heterocycles. The van der Waals surface area contributed by atoms with E-state index in [1.165, 1.54) is 11.8 Å². The van der Waals surface area contributed by atoms with Crippen LogP contribution in [-0.4, -0.2) is 87.6 Å². The van der Waals surface area contributed by atoms with E-state index in [-0.39, 0.29) is 11.5 Å². The van der Waals surface area contributed by atoms with E-state index in [1.54, 1.807) is 30.5 Å². The standard InChI is InChI=1S/C17H22N2O11S2/c1-27-19-7-9(10-4-2-3-5-11(10)19)6-13(18-30-32(24,25)26)31-29-17-16(23)15(22)14(21)12(8-20)28-17/h2-5,7,12,14-17,20-23H,6,8H2,1H3,(H,24,25,26)/b18-13-/t12-,14-,15+,16-,17+/m1/s1. The maximum atomic E-state index is 11.0. The summed E-state index contributed by atoms with van der Waals surface area (Å²) in [4.78, 5) is 5.26. The molecular formula is C17H22N2O11S2. The summed E-state index contributed by atoms with van der Waals surface area (Å²) < 4.78 is 46.9. The van der Waals surface area contributed by atoms with Gasteiger partial charge in [-0.05, 0) is 11.6 Å². The zero-order chi connectivity index (χ0) is 23.5. The normalized spacial score (nSPS) is 26.9. The molecule has 1 aromatic heterocycles. The van der Waals surface area contributed by atoms with Gasteiger partial charge in [0.15, 0.2) is 6.29 Å². The van der Waals surface area contributed by atoms with Crippen LogP contribution in [0.15, 0.2) is 35.6 Å². The minimum atomic E-state index is -4.91. The molecule has 1 saturated heterocycles. The smallest absolute Gasteiger partial charge is 0.417 e. The number of aliphatic hydroxyl groups is 4. The Hall–Kier alpha value is -1.95. The number of nitrogens with zero attached hydrogens (tertiary/aromatic N) is 2. The predicted octanol–water partition coefficient (Wildman–Crippen LogP) is -1.16. The van der Waals surface area contributed by atoms with Crippen molar-refractivity contribution in [1.82, 2.24) is 4.73 Å². The van der Waals surface area contributed by atoms with Gasteiger partial charge in [-0.2, -0.15) is 13.1 Å². The van der Waals surface area contributed by atoms with Gasteiger partial charge in [0.25, 0.3) is 0 Å². The van der Waals surface area contributed by atoms with Crippen molar-refractivity contribution >= 4 is 38.4 Å². The van der Waals surface area contributed by atoms with Crippen molar-refractivity contribution in [2.24, 2.45) is 5.16 Å². The molecule has 0 aliphatic carbocycles. The summed E-state index contributed by atoms with van der Waals surface area (Å²) in [5, 5.41) is 43.1. The molecule has 15 heteroatoms. The van der Waals surface area contributed by atoms with E-state index < -0.39 is 47.7 Å². The number of fused-ring (bicyclic) bond motifs is 1.